The van der Waals surface area contributed by atoms with E-state index in [1.165, 1.54) is 24.0 Å². The van der Waals surface area contributed by atoms with Crippen LogP contribution < -0.4 is 15.3 Å². The first-order valence-electron chi connectivity index (χ1n) is 10.9. The molecule has 0 atom stereocenters. The second-order valence-corrected chi connectivity index (χ2v) is 8.60. The van der Waals surface area contributed by atoms with E-state index in [1.807, 2.05) is 60.0 Å². The summed E-state index contributed by atoms with van der Waals surface area (Å²) in [5.74, 6) is -0.332. The Bertz CT molecular complexity index is 1400. The van der Waals surface area contributed by atoms with Crippen LogP contribution in [-0.4, -0.2) is 45.7 Å². The van der Waals surface area contributed by atoms with E-state index in [9.17, 15) is 14.7 Å². The number of aromatic carboxylic acids is 1. The van der Waals surface area contributed by atoms with Crippen molar-refractivity contribution in [1.29, 1.82) is 0 Å². The number of carboxylic acids is 1. The number of carbonyl (C=O) groups excluding carboxylic acids is 2. The van der Waals surface area contributed by atoms with Crippen LogP contribution in [0.5, 0.6) is 5.75 Å². The molecule has 0 fully saturated rings. The summed E-state index contributed by atoms with van der Waals surface area (Å²) in [6.45, 7) is 2.01. The largest absolute Gasteiger partial charge is 0.545 e. The van der Waals surface area contributed by atoms with Crippen LogP contribution in [0.25, 0.3) is 17.1 Å². The number of ether oxygens (including phenoxy) is 1. The molecule has 3 aromatic carbocycles. The number of carboxylic acid groups (broad SMARTS) is 1. The van der Waals surface area contributed by atoms with Gasteiger partial charge in [-0.15, -0.1) is 10.2 Å². The number of aromatic nitrogens is 3. The molecule has 0 radical (unpaired) electrons. The molecule has 182 valence electrons. The summed E-state index contributed by atoms with van der Waals surface area (Å²) in [7, 11) is 1.60. The van der Waals surface area contributed by atoms with Crippen molar-refractivity contribution < 1.29 is 19.4 Å². The molecule has 9 nitrogen and oxygen atoms in total. The Kier molecular flexibility index (Phi) is 7.76. The van der Waals surface area contributed by atoms with Gasteiger partial charge in [-0.2, -0.15) is 5.10 Å². The third-order valence-corrected chi connectivity index (χ3v) is 6.11. The van der Waals surface area contributed by atoms with Gasteiger partial charge in [-0.05, 0) is 31.2 Å². The van der Waals surface area contributed by atoms with Gasteiger partial charge in [0, 0.05) is 22.4 Å². The lowest BCUT2D eigenvalue weighted by Gasteiger charge is -2.11. The molecule has 0 saturated heterocycles. The van der Waals surface area contributed by atoms with E-state index in [0.717, 1.165) is 22.6 Å². The van der Waals surface area contributed by atoms with Crippen molar-refractivity contribution in [3.63, 3.8) is 0 Å². The van der Waals surface area contributed by atoms with Crippen molar-refractivity contribution >= 4 is 29.9 Å². The molecule has 1 N–H and O–H groups in total. The number of methoxy groups -OCH3 is 1. The first-order valence-corrected chi connectivity index (χ1v) is 11.9. The van der Waals surface area contributed by atoms with Crippen LogP contribution in [0.15, 0.2) is 83.1 Å². The third kappa shape index (κ3) is 5.78. The van der Waals surface area contributed by atoms with Gasteiger partial charge in [0.2, 0.25) is 0 Å². The minimum atomic E-state index is -1.32. The number of nitrogens with one attached hydrogen (secondary N) is 1. The van der Waals surface area contributed by atoms with E-state index < -0.39 is 5.97 Å². The van der Waals surface area contributed by atoms with Gasteiger partial charge in [0.15, 0.2) is 11.0 Å². The second-order valence-electron chi connectivity index (χ2n) is 7.66. The molecule has 0 bridgehead atoms. The van der Waals surface area contributed by atoms with Gasteiger partial charge in [0.25, 0.3) is 5.91 Å². The van der Waals surface area contributed by atoms with Crippen LogP contribution in [0, 0.1) is 6.92 Å². The molecule has 4 rings (SSSR count). The van der Waals surface area contributed by atoms with Crippen LogP contribution in [0.2, 0.25) is 0 Å². The number of amides is 1. The lowest BCUT2D eigenvalue weighted by Crippen LogP contribution is -2.24. The highest BCUT2D eigenvalue weighted by atomic mass is 32.2. The summed E-state index contributed by atoms with van der Waals surface area (Å²) in [5.41, 5.74) is 5.55. The number of carbonyl (C=O) groups is 2. The maximum atomic E-state index is 12.4. The van der Waals surface area contributed by atoms with Gasteiger partial charge in [-0.1, -0.05) is 65.9 Å². The number of hydrogen-bond acceptors (Lipinski definition) is 8. The Morgan fingerprint density at radius 2 is 1.78 bits per heavy atom. The van der Waals surface area contributed by atoms with Crippen LogP contribution in [0.1, 0.15) is 21.5 Å². The first kappa shape index (κ1) is 24.7. The third-order valence-electron chi connectivity index (χ3n) is 5.18. The highest BCUT2D eigenvalue weighted by Crippen LogP contribution is 2.29. The summed E-state index contributed by atoms with van der Waals surface area (Å²) in [4.78, 5) is 23.6. The molecule has 10 heteroatoms. The summed E-state index contributed by atoms with van der Waals surface area (Å²) in [5, 5.41) is 24.3. The van der Waals surface area contributed by atoms with Crippen LogP contribution in [-0.2, 0) is 4.79 Å². The Labute approximate surface area is 211 Å². The van der Waals surface area contributed by atoms with Gasteiger partial charge in [-0.25, -0.2) is 5.43 Å². The number of thioether (sulfide) groups is 1. The summed E-state index contributed by atoms with van der Waals surface area (Å²) < 4.78 is 7.14. The standard InChI is InChI=1S/C26H23N5O4S/c1-17-7-9-18(10-8-17)24-29-30-26(31(24)20-11-13-21(35-2)14-12-20)36-16-23(32)28-27-15-19-5-3-4-6-22(19)25(33)34/h3-15H,16H2,1-2H3,(H,28,32)(H,33,34)/p-1. The zero-order chi connectivity index (χ0) is 25.5. The van der Waals surface area contributed by atoms with E-state index >= 15 is 0 Å². The molecule has 1 amide bonds. The van der Waals surface area contributed by atoms with Crippen molar-refractivity contribution in [2.45, 2.75) is 12.1 Å². The molecule has 36 heavy (non-hydrogen) atoms. The van der Waals surface area contributed by atoms with Crippen molar-refractivity contribution in [2.24, 2.45) is 5.10 Å². The van der Waals surface area contributed by atoms with Crippen molar-refractivity contribution in [2.75, 3.05) is 12.9 Å². The van der Waals surface area contributed by atoms with E-state index in [1.54, 1.807) is 25.3 Å². The smallest absolute Gasteiger partial charge is 0.250 e. The van der Waals surface area contributed by atoms with Gasteiger partial charge < -0.3 is 14.6 Å². The number of rotatable bonds is 9. The fraction of sp³-hybridized carbons (Fsp3) is 0.115. The molecule has 1 aromatic heterocycles. The Morgan fingerprint density at radius 3 is 2.47 bits per heavy atom. The van der Waals surface area contributed by atoms with Crippen LogP contribution in [0.4, 0.5) is 0 Å². The molecular weight excluding hydrogens is 478 g/mol. The number of benzene rings is 3. The molecule has 0 aliphatic rings. The molecule has 4 aromatic rings. The molecule has 0 aliphatic carbocycles. The lowest BCUT2D eigenvalue weighted by molar-refractivity contribution is -0.255. The van der Waals surface area contributed by atoms with E-state index in [-0.39, 0.29) is 17.2 Å². The highest BCUT2D eigenvalue weighted by molar-refractivity contribution is 7.99. The average molecular weight is 501 g/mol. The summed E-state index contributed by atoms with van der Waals surface area (Å²) >= 11 is 1.20. The molecule has 1 heterocycles. The minimum Gasteiger partial charge on any atom is -0.545 e. The average Bonchev–Trinajstić information content (AvgIpc) is 3.32. The fourth-order valence-corrected chi connectivity index (χ4v) is 4.09. The summed E-state index contributed by atoms with van der Waals surface area (Å²) in [6.07, 6.45) is 1.27. The molecule has 0 spiro atoms. The molecule has 0 unspecified atom stereocenters. The SMILES string of the molecule is COc1ccc(-n2c(SCC(=O)NN=Cc3ccccc3C(=O)[O-])nnc2-c2ccc(C)cc2)cc1. The lowest BCUT2D eigenvalue weighted by atomic mass is 10.1. The van der Waals surface area contributed by atoms with E-state index in [2.05, 4.69) is 20.7 Å². The number of hydrogen-bond donors (Lipinski definition) is 1. The highest BCUT2D eigenvalue weighted by Gasteiger charge is 2.17. The fourth-order valence-electron chi connectivity index (χ4n) is 3.35. The molecule has 0 saturated carbocycles. The number of aryl methyl sites for hydroxylation is 1. The van der Waals surface area contributed by atoms with Crippen molar-refractivity contribution in [1.82, 2.24) is 20.2 Å². The Morgan fingerprint density at radius 1 is 1.06 bits per heavy atom. The Balaban J connectivity index is 1.52. The minimum absolute atomic E-state index is 0.0129. The van der Waals surface area contributed by atoms with Gasteiger partial charge in [-0.3, -0.25) is 9.36 Å². The zero-order valence-electron chi connectivity index (χ0n) is 19.5. The monoisotopic (exact) mass is 500 g/mol. The van der Waals surface area contributed by atoms with Gasteiger partial charge in [0.05, 0.1) is 25.0 Å². The number of hydrazone groups is 1. The van der Waals surface area contributed by atoms with Gasteiger partial charge >= 0.3 is 0 Å². The van der Waals surface area contributed by atoms with Crippen LogP contribution >= 0.6 is 11.8 Å². The van der Waals surface area contributed by atoms with Crippen LogP contribution in [0.3, 0.4) is 0 Å². The van der Waals surface area contributed by atoms with Crippen molar-refractivity contribution in [3.8, 4) is 22.8 Å². The van der Waals surface area contributed by atoms with E-state index in [0.29, 0.717) is 16.5 Å². The Hall–Kier alpha value is -4.44. The number of nitrogens with zero attached hydrogens (tertiary/aromatic N) is 4. The zero-order valence-corrected chi connectivity index (χ0v) is 20.4. The quantitative estimate of drug-likeness (QED) is 0.213. The second kappa shape index (κ2) is 11.3. The predicted molar refractivity (Wildman–Crippen MR) is 135 cm³/mol. The maximum Gasteiger partial charge on any atom is 0.250 e. The first-order chi connectivity index (χ1) is 17.5. The van der Waals surface area contributed by atoms with Crippen molar-refractivity contribution in [3.05, 3.63) is 89.5 Å². The molecule has 0 aliphatic heterocycles. The topological polar surface area (TPSA) is 122 Å². The molecular formula is C26H22N5O4S-. The summed E-state index contributed by atoms with van der Waals surface area (Å²) in [6, 6.07) is 21.6. The normalized spacial score (nSPS) is 10.9. The predicted octanol–water partition coefficient (Wildman–Crippen LogP) is 2.86. The van der Waals surface area contributed by atoms with Gasteiger partial charge in [0.1, 0.15) is 5.75 Å². The van der Waals surface area contributed by atoms with E-state index in [4.69, 9.17) is 4.74 Å². The maximum absolute atomic E-state index is 12.4.